The van der Waals surface area contributed by atoms with Crippen LogP contribution in [-0.4, -0.2) is 33.7 Å². The number of nitrogens with one attached hydrogen (secondary N) is 1. The average molecular weight is 410 g/mol. The second-order valence-electron chi connectivity index (χ2n) is 7.39. The molecule has 0 spiro atoms. The van der Waals surface area contributed by atoms with Crippen molar-refractivity contribution in [3.05, 3.63) is 41.5 Å². The van der Waals surface area contributed by atoms with Crippen molar-refractivity contribution < 1.29 is 13.6 Å². The molecule has 0 aliphatic heterocycles. The molecule has 0 radical (unpaired) electrons. The van der Waals surface area contributed by atoms with Crippen LogP contribution in [0.5, 0.6) is 0 Å². The van der Waals surface area contributed by atoms with E-state index in [1.165, 1.54) is 6.07 Å². The van der Waals surface area contributed by atoms with Crippen molar-refractivity contribution in [2.24, 2.45) is 13.0 Å². The van der Waals surface area contributed by atoms with E-state index in [0.29, 0.717) is 34.5 Å². The molecule has 1 saturated carbocycles. The number of aryl methyl sites for hydroxylation is 2. The van der Waals surface area contributed by atoms with Gasteiger partial charge in [0, 0.05) is 20.2 Å². The largest absolute Gasteiger partial charge is 0.334 e. The molecule has 7 nitrogen and oxygen atoms in total. The topological polar surface area (TPSA) is 86.8 Å². The molecule has 0 unspecified atom stereocenters. The monoisotopic (exact) mass is 410 g/mol. The van der Waals surface area contributed by atoms with Crippen LogP contribution >= 0.6 is 0 Å². The number of imidazole rings is 1. The second kappa shape index (κ2) is 7.37. The molecular weight excluding hydrogens is 390 g/mol. The number of alkyl halides is 1. The maximum Gasteiger partial charge on any atom is 0.231 e. The molecule has 0 bridgehead atoms. The highest BCUT2D eigenvalue weighted by Gasteiger charge is 2.44. The Labute approximate surface area is 172 Å². The Morgan fingerprint density at radius 2 is 2.17 bits per heavy atom. The predicted octanol–water partition coefficient (Wildman–Crippen LogP) is 3.61. The lowest BCUT2D eigenvalue weighted by Gasteiger charge is -2.23. The Hall–Kier alpha value is -3.54. The van der Waals surface area contributed by atoms with Crippen LogP contribution in [0.15, 0.2) is 24.5 Å². The summed E-state index contributed by atoms with van der Waals surface area (Å²) < 4.78 is 29.9. The molecule has 1 aliphatic rings. The smallest absolute Gasteiger partial charge is 0.231 e. The van der Waals surface area contributed by atoms with Gasteiger partial charge in [-0.1, -0.05) is 6.92 Å². The summed E-state index contributed by atoms with van der Waals surface area (Å²) in [6.07, 6.45) is 1.17. The third-order valence-corrected chi connectivity index (χ3v) is 5.32. The Bertz CT molecular complexity index is 1200. The zero-order valence-electron chi connectivity index (χ0n) is 16.8. The number of carbonyl (C=O) groups excluding carboxylic acids is 1. The molecule has 2 heterocycles. The van der Waals surface area contributed by atoms with Gasteiger partial charge in [0.15, 0.2) is 5.82 Å². The van der Waals surface area contributed by atoms with Gasteiger partial charge in [-0.25, -0.2) is 18.7 Å². The SMILES string of the molecule is CCc1cc(C#N)cc(F)c1N(C)c1cc2c(ncn2C)c(NC(=O)[C@H]2C[C@H]2F)n1. The third kappa shape index (κ3) is 3.34. The van der Waals surface area contributed by atoms with Gasteiger partial charge in [0.25, 0.3) is 0 Å². The fourth-order valence-electron chi connectivity index (χ4n) is 3.50. The summed E-state index contributed by atoms with van der Waals surface area (Å²) >= 11 is 0. The maximum absolute atomic E-state index is 14.9. The number of anilines is 3. The first-order chi connectivity index (χ1) is 14.3. The second-order valence-corrected chi connectivity index (χ2v) is 7.39. The van der Waals surface area contributed by atoms with E-state index < -0.39 is 23.8 Å². The molecule has 154 valence electrons. The van der Waals surface area contributed by atoms with Crippen LogP contribution in [0.25, 0.3) is 11.0 Å². The number of nitrogens with zero attached hydrogens (tertiary/aromatic N) is 5. The fourth-order valence-corrected chi connectivity index (χ4v) is 3.50. The van der Waals surface area contributed by atoms with E-state index >= 15 is 0 Å². The molecular formula is C21H20F2N6O. The van der Waals surface area contributed by atoms with Gasteiger partial charge in [0.05, 0.1) is 35.1 Å². The minimum atomic E-state index is -1.13. The molecule has 0 saturated heterocycles. The summed E-state index contributed by atoms with van der Waals surface area (Å²) in [7, 11) is 3.46. The third-order valence-electron chi connectivity index (χ3n) is 5.32. The van der Waals surface area contributed by atoms with Crippen molar-refractivity contribution in [3.63, 3.8) is 0 Å². The van der Waals surface area contributed by atoms with Crippen LogP contribution in [0.1, 0.15) is 24.5 Å². The normalized spacial score (nSPS) is 17.6. The van der Waals surface area contributed by atoms with Crippen molar-refractivity contribution in [1.29, 1.82) is 5.26 Å². The molecule has 1 fully saturated rings. The summed E-state index contributed by atoms with van der Waals surface area (Å²) in [4.78, 5) is 22.6. The van der Waals surface area contributed by atoms with E-state index in [4.69, 9.17) is 5.26 Å². The zero-order chi connectivity index (χ0) is 21.6. The molecule has 1 N–H and O–H groups in total. The van der Waals surface area contributed by atoms with E-state index in [2.05, 4.69) is 15.3 Å². The Kier molecular flexibility index (Phi) is 4.86. The van der Waals surface area contributed by atoms with Crippen LogP contribution < -0.4 is 10.2 Å². The number of hydrogen-bond acceptors (Lipinski definition) is 5. The highest BCUT2D eigenvalue weighted by Crippen LogP contribution is 2.36. The first kappa shape index (κ1) is 19.8. The molecule has 2 aromatic heterocycles. The number of nitriles is 1. The van der Waals surface area contributed by atoms with Gasteiger partial charge < -0.3 is 14.8 Å². The van der Waals surface area contributed by atoms with Crippen LogP contribution in [0, 0.1) is 23.1 Å². The molecule has 4 rings (SSSR count). The summed E-state index contributed by atoms with van der Waals surface area (Å²) in [5.74, 6) is -1.07. The van der Waals surface area contributed by atoms with Gasteiger partial charge in [-0.3, -0.25) is 4.79 Å². The molecule has 3 aromatic rings. The molecule has 9 heteroatoms. The number of pyridine rings is 1. The van der Waals surface area contributed by atoms with E-state index in [0.717, 1.165) is 0 Å². The van der Waals surface area contributed by atoms with Gasteiger partial charge in [-0.05, 0) is 30.5 Å². The number of halogens is 2. The number of aromatic nitrogens is 3. The lowest BCUT2D eigenvalue weighted by atomic mass is 10.1. The van der Waals surface area contributed by atoms with Crippen molar-refractivity contribution in [1.82, 2.24) is 14.5 Å². The molecule has 1 amide bonds. The van der Waals surface area contributed by atoms with E-state index in [1.807, 2.05) is 13.0 Å². The van der Waals surface area contributed by atoms with Gasteiger partial charge in [0.1, 0.15) is 23.3 Å². The number of benzene rings is 1. The minimum Gasteiger partial charge on any atom is -0.334 e. The van der Waals surface area contributed by atoms with Gasteiger partial charge >= 0.3 is 0 Å². The summed E-state index contributed by atoms with van der Waals surface area (Å²) in [5.41, 5.74) is 2.35. The van der Waals surface area contributed by atoms with Crippen LogP contribution in [0.2, 0.25) is 0 Å². The summed E-state index contributed by atoms with van der Waals surface area (Å²) in [6.45, 7) is 1.87. The lowest BCUT2D eigenvalue weighted by molar-refractivity contribution is -0.117. The van der Waals surface area contributed by atoms with Crippen LogP contribution in [0.3, 0.4) is 0 Å². The van der Waals surface area contributed by atoms with E-state index in [9.17, 15) is 13.6 Å². The average Bonchev–Trinajstić information content (AvgIpc) is 3.35. The number of rotatable bonds is 5. The zero-order valence-corrected chi connectivity index (χ0v) is 16.8. The summed E-state index contributed by atoms with van der Waals surface area (Å²) in [5, 5.41) is 11.8. The van der Waals surface area contributed by atoms with Gasteiger partial charge in [-0.15, -0.1) is 0 Å². The first-order valence-electron chi connectivity index (χ1n) is 9.57. The van der Waals surface area contributed by atoms with E-state index in [-0.39, 0.29) is 17.8 Å². The van der Waals surface area contributed by atoms with Crippen LogP contribution in [-0.2, 0) is 18.3 Å². The molecule has 30 heavy (non-hydrogen) atoms. The number of fused-ring (bicyclic) bond motifs is 1. The molecule has 2 atom stereocenters. The minimum absolute atomic E-state index is 0.200. The fraction of sp³-hybridized carbons (Fsp3) is 0.333. The summed E-state index contributed by atoms with van der Waals surface area (Å²) in [6, 6.07) is 6.54. The van der Waals surface area contributed by atoms with Gasteiger partial charge in [-0.2, -0.15) is 5.26 Å². The molecule has 1 aliphatic carbocycles. The quantitative estimate of drug-likeness (QED) is 0.694. The van der Waals surface area contributed by atoms with Crippen molar-refractivity contribution >= 4 is 34.3 Å². The lowest BCUT2D eigenvalue weighted by Crippen LogP contribution is -2.19. The highest BCUT2D eigenvalue weighted by molar-refractivity contribution is 6.01. The Morgan fingerprint density at radius 3 is 2.80 bits per heavy atom. The number of amides is 1. The maximum atomic E-state index is 14.9. The van der Waals surface area contributed by atoms with Gasteiger partial charge in [0.2, 0.25) is 5.91 Å². The molecule has 1 aromatic carbocycles. The van der Waals surface area contributed by atoms with Crippen molar-refractivity contribution in [2.45, 2.75) is 25.9 Å². The number of hydrogen-bond donors (Lipinski definition) is 1. The van der Waals surface area contributed by atoms with Crippen LogP contribution in [0.4, 0.5) is 26.1 Å². The van der Waals surface area contributed by atoms with Crippen molar-refractivity contribution in [3.8, 4) is 6.07 Å². The Morgan fingerprint density at radius 1 is 1.43 bits per heavy atom. The first-order valence-corrected chi connectivity index (χ1v) is 9.57. The standard InChI is InChI=1S/C21H20F2N6O/c1-4-12-5-11(9-24)6-15(23)19(12)29(3)17-8-16-18(25-10-28(16)2)20(26-17)27-21(30)13-7-14(13)22/h5-6,8,10,13-14H,4,7H2,1-3H3,(H,26,27,30)/t13-,14+/m0/s1. The number of carbonyl (C=O) groups is 1. The van der Waals surface area contributed by atoms with Crippen molar-refractivity contribution in [2.75, 3.05) is 17.3 Å². The van der Waals surface area contributed by atoms with E-state index in [1.54, 1.807) is 42.0 Å². The predicted molar refractivity (Wildman–Crippen MR) is 109 cm³/mol. The highest BCUT2D eigenvalue weighted by atomic mass is 19.1. The Balaban J connectivity index is 1.80.